The molecule has 0 unspecified atom stereocenters. The minimum Gasteiger partial charge on any atom is -0.452 e. The van der Waals surface area contributed by atoms with Gasteiger partial charge in [-0.1, -0.05) is 0 Å². The molecule has 0 fully saturated rings. The van der Waals surface area contributed by atoms with E-state index in [9.17, 15) is 18.8 Å². The van der Waals surface area contributed by atoms with Gasteiger partial charge in [0, 0.05) is 48.9 Å². The zero-order valence-corrected chi connectivity index (χ0v) is 22.0. The molecule has 0 saturated carbocycles. The Balaban J connectivity index is 1.43. The van der Waals surface area contributed by atoms with Crippen molar-refractivity contribution in [2.24, 2.45) is 0 Å². The number of benzene rings is 2. The van der Waals surface area contributed by atoms with E-state index in [0.29, 0.717) is 17.0 Å². The molecule has 0 aliphatic heterocycles. The van der Waals surface area contributed by atoms with Gasteiger partial charge in [0.1, 0.15) is 17.1 Å². The summed E-state index contributed by atoms with van der Waals surface area (Å²) in [6, 6.07) is 9.91. The number of pyridine rings is 1. The molecule has 0 bridgehead atoms. The minimum absolute atomic E-state index is 0.0140. The smallest absolute Gasteiger partial charge is 0.335 e. The van der Waals surface area contributed by atoms with Crippen LogP contribution in [0.3, 0.4) is 0 Å². The first-order valence-corrected chi connectivity index (χ1v) is 12.6. The quantitative estimate of drug-likeness (QED) is 0.246. The van der Waals surface area contributed by atoms with Crippen LogP contribution in [0.25, 0.3) is 17.0 Å². The zero-order valence-electron chi connectivity index (χ0n) is 22.0. The lowest BCUT2D eigenvalue weighted by molar-refractivity contribution is 0.102. The number of halogens is 2. The molecular formula is C29H22F2N6O5. The highest BCUT2D eigenvalue weighted by molar-refractivity contribution is 6.03. The Morgan fingerprint density at radius 3 is 2.55 bits per heavy atom. The Bertz CT molecular complexity index is 1900. The number of rotatable bonds is 9. The molecule has 0 aliphatic rings. The van der Waals surface area contributed by atoms with E-state index >= 15 is 4.39 Å². The highest BCUT2D eigenvalue weighted by atomic mass is 19.1. The lowest BCUT2D eigenvalue weighted by Crippen LogP contribution is -2.42. The molecule has 3 aromatic heterocycles. The van der Waals surface area contributed by atoms with Crippen molar-refractivity contribution >= 4 is 17.8 Å². The second-order valence-electron chi connectivity index (χ2n) is 8.87. The van der Waals surface area contributed by atoms with Crippen molar-refractivity contribution < 1.29 is 22.7 Å². The predicted molar refractivity (Wildman–Crippen MR) is 149 cm³/mol. The maximum atomic E-state index is 15.1. The first-order valence-electron chi connectivity index (χ1n) is 12.6. The molecule has 212 valence electrons. The van der Waals surface area contributed by atoms with E-state index in [4.69, 9.17) is 14.6 Å². The van der Waals surface area contributed by atoms with Gasteiger partial charge in [0.2, 0.25) is 0 Å². The van der Waals surface area contributed by atoms with Gasteiger partial charge in [-0.15, -0.1) is 0 Å². The molecule has 2 aromatic carbocycles. The highest BCUT2D eigenvalue weighted by Gasteiger charge is 2.20. The van der Waals surface area contributed by atoms with E-state index in [1.54, 1.807) is 13.0 Å². The Morgan fingerprint density at radius 1 is 1.10 bits per heavy atom. The molecule has 1 amide bonds. The molecule has 0 aliphatic carbocycles. The summed E-state index contributed by atoms with van der Waals surface area (Å²) in [6.07, 6.45) is 6.64. The lowest BCUT2D eigenvalue weighted by atomic mass is 10.2. The third kappa shape index (κ3) is 5.61. The second kappa shape index (κ2) is 11.8. The van der Waals surface area contributed by atoms with Crippen molar-refractivity contribution in [2.75, 3.05) is 5.32 Å². The molecule has 13 heteroatoms. The third-order valence-corrected chi connectivity index (χ3v) is 6.18. The first kappa shape index (κ1) is 27.8. The van der Waals surface area contributed by atoms with Crippen molar-refractivity contribution in [3.63, 3.8) is 0 Å². The third-order valence-electron chi connectivity index (χ3n) is 6.18. The number of anilines is 1. The van der Waals surface area contributed by atoms with Crippen LogP contribution in [0.5, 0.6) is 11.5 Å². The number of hydrogen-bond donors (Lipinski definition) is 2. The molecule has 0 radical (unpaired) electrons. The fraction of sp³-hybridized carbons (Fsp3) is 0.103. The van der Waals surface area contributed by atoms with Gasteiger partial charge >= 0.3 is 5.69 Å². The predicted octanol–water partition coefficient (Wildman–Crippen LogP) is 4.58. The second-order valence-corrected chi connectivity index (χ2v) is 8.87. The monoisotopic (exact) mass is 572 g/mol. The summed E-state index contributed by atoms with van der Waals surface area (Å²) in [5, 5.41) is 9.88. The van der Waals surface area contributed by atoms with E-state index in [0.717, 1.165) is 39.7 Å². The molecule has 11 nitrogen and oxygen atoms in total. The SMILES string of the molecule is CCn1cc(C(=O)Nc2ccc(Oc3cc(-c4cnco4)cnc3CC=N)c(F)c2)c(=O)n(-c2ccc(F)cc2)c1=O. The number of oxazole rings is 1. The van der Waals surface area contributed by atoms with E-state index in [1.807, 2.05) is 0 Å². The Labute approximate surface area is 236 Å². The van der Waals surface area contributed by atoms with Gasteiger partial charge in [-0.2, -0.15) is 0 Å². The standard InChI is InChI=1S/C29H22F2N6O5/c1-2-36-15-21(28(39)37(29(36)40)20-6-3-18(30)4-7-20)27(38)35-19-5-8-24(22(31)12-19)42-25-11-17(26-14-33-16-41-26)13-34-23(25)9-10-32/h3-8,10-16,32H,2,9H2,1H3,(H,35,38). The van der Waals surface area contributed by atoms with Gasteiger partial charge in [0.25, 0.3) is 11.5 Å². The van der Waals surface area contributed by atoms with E-state index in [1.165, 1.54) is 43.1 Å². The topological polar surface area (TPSA) is 145 Å². The molecule has 3 heterocycles. The number of aryl methyl sites for hydroxylation is 1. The number of carbonyl (C=O) groups excluding carboxylic acids is 1. The number of aromatic nitrogens is 4. The molecule has 42 heavy (non-hydrogen) atoms. The summed E-state index contributed by atoms with van der Waals surface area (Å²) < 4.78 is 41.5. The van der Waals surface area contributed by atoms with Gasteiger partial charge in [-0.25, -0.2) is 23.1 Å². The van der Waals surface area contributed by atoms with E-state index in [-0.39, 0.29) is 41.4 Å². The van der Waals surface area contributed by atoms with Crippen LogP contribution < -0.4 is 21.3 Å². The molecule has 5 rings (SSSR count). The van der Waals surface area contributed by atoms with Crippen LogP contribution in [0.1, 0.15) is 23.0 Å². The summed E-state index contributed by atoms with van der Waals surface area (Å²) in [6.45, 7) is 1.80. The number of nitrogens with zero attached hydrogens (tertiary/aromatic N) is 4. The van der Waals surface area contributed by atoms with Gasteiger partial charge in [-0.3, -0.25) is 19.1 Å². The van der Waals surface area contributed by atoms with Crippen molar-refractivity contribution in [1.82, 2.24) is 19.1 Å². The number of ether oxygens (including phenoxy) is 1. The highest BCUT2D eigenvalue weighted by Crippen LogP contribution is 2.32. The van der Waals surface area contributed by atoms with Crippen LogP contribution >= 0.6 is 0 Å². The fourth-order valence-electron chi connectivity index (χ4n) is 4.08. The molecule has 2 N–H and O–H groups in total. The van der Waals surface area contributed by atoms with Crippen LogP contribution in [-0.4, -0.2) is 31.2 Å². The first-order chi connectivity index (χ1) is 20.3. The average Bonchev–Trinajstić information content (AvgIpc) is 3.52. The summed E-state index contributed by atoms with van der Waals surface area (Å²) in [7, 11) is 0. The van der Waals surface area contributed by atoms with Crippen molar-refractivity contribution in [2.45, 2.75) is 19.9 Å². The number of nitrogens with one attached hydrogen (secondary N) is 2. The Morgan fingerprint density at radius 2 is 1.88 bits per heavy atom. The number of carbonyl (C=O) groups is 1. The van der Waals surface area contributed by atoms with Crippen LogP contribution in [0.15, 0.2) is 87.5 Å². The Kier molecular flexibility index (Phi) is 7.82. The summed E-state index contributed by atoms with van der Waals surface area (Å²) in [5.41, 5.74) is -1.00. The summed E-state index contributed by atoms with van der Waals surface area (Å²) in [5.74, 6) is -1.86. The van der Waals surface area contributed by atoms with Crippen molar-refractivity contribution in [3.05, 3.63) is 117 Å². The van der Waals surface area contributed by atoms with Crippen LogP contribution in [0, 0.1) is 17.0 Å². The van der Waals surface area contributed by atoms with E-state index in [2.05, 4.69) is 15.3 Å². The number of hydrogen-bond acceptors (Lipinski definition) is 8. The van der Waals surface area contributed by atoms with Gasteiger partial charge < -0.3 is 19.9 Å². The lowest BCUT2D eigenvalue weighted by Gasteiger charge is -2.13. The van der Waals surface area contributed by atoms with Gasteiger partial charge in [-0.05, 0) is 49.4 Å². The molecule has 5 aromatic rings. The largest absolute Gasteiger partial charge is 0.452 e. The van der Waals surface area contributed by atoms with Crippen molar-refractivity contribution in [1.29, 1.82) is 5.41 Å². The van der Waals surface area contributed by atoms with E-state index < -0.39 is 28.8 Å². The van der Waals surface area contributed by atoms with Crippen LogP contribution in [0.2, 0.25) is 0 Å². The van der Waals surface area contributed by atoms with Crippen LogP contribution in [0.4, 0.5) is 14.5 Å². The minimum atomic E-state index is -0.924. The maximum Gasteiger partial charge on any atom is 0.335 e. The number of amides is 1. The average molecular weight is 573 g/mol. The maximum absolute atomic E-state index is 15.1. The summed E-state index contributed by atoms with van der Waals surface area (Å²) in [4.78, 5) is 47.3. The molecular weight excluding hydrogens is 550 g/mol. The molecule has 0 saturated heterocycles. The van der Waals surface area contributed by atoms with Crippen LogP contribution in [-0.2, 0) is 13.0 Å². The molecule has 0 atom stereocenters. The fourth-order valence-corrected chi connectivity index (χ4v) is 4.08. The van der Waals surface area contributed by atoms with Gasteiger partial charge in [0.05, 0.1) is 17.6 Å². The zero-order chi connectivity index (χ0) is 29.8. The normalized spacial score (nSPS) is 10.8. The van der Waals surface area contributed by atoms with Crippen molar-refractivity contribution in [3.8, 4) is 28.5 Å². The molecule has 0 spiro atoms. The Hall–Kier alpha value is -5.72. The van der Waals surface area contributed by atoms with Gasteiger partial charge in [0.15, 0.2) is 23.7 Å². The summed E-state index contributed by atoms with van der Waals surface area (Å²) >= 11 is 0.